The number of benzene rings is 1. The van der Waals surface area contributed by atoms with Crippen molar-refractivity contribution in [3.8, 4) is 5.75 Å². The number of halogens is 2. The van der Waals surface area contributed by atoms with Crippen molar-refractivity contribution in [1.82, 2.24) is 14.8 Å². The molecule has 1 N–H and O–H groups in total. The van der Waals surface area contributed by atoms with E-state index < -0.39 is 30.6 Å². The lowest BCUT2D eigenvalue weighted by Gasteiger charge is -2.22. The van der Waals surface area contributed by atoms with Gasteiger partial charge in [-0.1, -0.05) is 12.1 Å². The number of aromatic nitrogens is 1. The van der Waals surface area contributed by atoms with Gasteiger partial charge in [0.2, 0.25) is 0 Å². The molecule has 8 nitrogen and oxygen atoms in total. The molecule has 3 aromatic rings. The number of hydrogen-bond acceptors (Lipinski definition) is 5. The van der Waals surface area contributed by atoms with Crippen molar-refractivity contribution in [1.29, 1.82) is 0 Å². The van der Waals surface area contributed by atoms with Crippen LogP contribution in [0.5, 0.6) is 5.75 Å². The van der Waals surface area contributed by atoms with Crippen LogP contribution in [0.4, 0.5) is 13.6 Å². The Hall–Kier alpha value is -3.95. The number of ketones is 1. The van der Waals surface area contributed by atoms with Crippen LogP contribution in [0.1, 0.15) is 40.0 Å². The first-order valence-corrected chi connectivity index (χ1v) is 10.5. The van der Waals surface area contributed by atoms with E-state index in [1.54, 1.807) is 25.3 Å². The number of amides is 3. The normalized spacial score (nSPS) is 18.0. The molecule has 4 rings (SSSR count). The summed E-state index contributed by atoms with van der Waals surface area (Å²) in [4.78, 5) is 39.7. The van der Waals surface area contributed by atoms with E-state index in [0.29, 0.717) is 23.4 Å². The van der Waals surface area contributed by atoms with Gasteiger partial charge in [0, 0.05) is 17.0 Å². The Morgan fingerprint density at radius 2 is 1.88 bits per heavy atom. The molecule has 1 unspecified atom stereocenters. The minimum atomic E-state index is -2.98. The number of rotatable bonds is 8. The molecular weight excluding hydrogens is 448 g/mol. The summed E-state index contributed by atoms with van der Waals surface area (Å²) in [6, 6.07) is 10.0. The molecule has 10 heteroatoms. The molecule has 178 valence electrons. The Morgan fingerprint density at radius 3 is 2.50 bits per heavy atom. The lowest BCUT2D eigenvalue weighted by atomic mass is 9.92. The Labute approximate surface area is 194 Å². The first kappa shape index (κ1) is 23.2. The molecule has 3 heterocycles. The number of imide groups is 1. The lowest BCUT2D eigenvalue weighted by molar-refractivity contribution is -0.130. The number of urea groups is 1. The van der Waals surface area contributed by atoms with E-state index in [0.717, 1.165) is 16.4 Å². The van der Waals surface area contributed by atoms with Gasteiger partial charge in [0.15, 0.2) is 5.78 Å². The van der Waals surface area contributed by atoms with Gasteiger partial charge in [-0.05, 0) is 56.7 Å². The van der Waals surface area contributed by atoms with Gasteiger partial charge in [-0.25, -0.2) is 4.79 Å². The fraction of sp³-hybridized carbons (Fsp3) is 0.292. The summed E-state index contributed by atoms with van der Waals surface area (Å²) in [6.07, 6.45) is 1.57. The van der Waals surface area contributed by atoms with Gasteiger partial charge >= 0.3 is 12.6 Å². The lowest BCUT2D eigenvalue weighted by Crippen LogP contribution is -2.41. The maximum Gasteiger partial charge on any atom is 0.387 e. The van der Waals surface area contributed by atoms with Crippen molar-refractivity contribution in [2.75, 3.05) is 6.54 Å². The van der Waals surface area contributed by atoms with Gasteiger partial charge in [0.1, 0.15) is 17.0 Å². The summed E-state index contributed by atoms with van der Waals surface area (Å²) >= 11 is 0. The monoisotopic (exact) mass is 471 g/mol. The summed E-state index contributed by atoms with van der Waals surface area (Å²) in [5.41, 5.74) is 0.871. The average molecular weight is 471 g/mol. The van der Waals surface area contributed by atoms with Gasteiger partial charge in [-0.3, -0.25) is 14.5 Å². The molecule has 1 aromatic carbocycles. The number of carbonyl (C=O) groups is 3. The third kappa shape index (κ3) is 4.18. The van der Waals surface area contributed by atoms with E-state index in [-0.39, 0.29) is 11.5 Å². The van der Waals surface area contributed by atoms with Crippen LogP contribution in [0.3, 0.4) is 0 Å². The first-order valence-electron chi connectivity index (χ1n) is 10.5. The molecule has 0 aliphatic carbocycles. The number of Topliss-reactive ketones (excluding diaryl/α,β-unsaturated/α-hetero) is 1. The second kappa shape index (κ2) is 8.77. The fourth-order valence-electron chi connectivity index (χ4n) is 4.12. The number of furan rings is 1. The number of nitrogens with zero attached hydrogens (tertiary/aromatic N) is 2. The van der Waals surface area contributed by atoms with Crippen LogP contribution in [-0.4, -0.2) is 40.3 Å². The zero-order valence-electron chi connectivity index (χ0n) is 18.8. The molecule has 1 atom stereocenters. The molecule has 0 radical (unpaired) electrons. The molecule has 1 fully saturated rings. The van der Waals surface area contributed by atoms with Gasteiger partial charge in [-0.15, -0.1) is 0 Å². The zero-order chi connectivity index (χ0) is 24.6. The highest BCUT2D eigenvalue weighted by atomic mass is 19.3. The minimum Gasteiger partial charge on any atom is -0.467 e. The summed E-state index contributed by atoms with van der Waals surface area (Å²) in [7, 11) is 0. The smallest absolute Gasteiger partial charge is 0.387 e. The van der Waals surface area contributed by atoms with Crippen molar-refractivity contribution in [3.05, 3.63) is 77.0 Å². The van der Waals surface area contributed by atoms with E-state index in [1.165, 1.54) is 31.2 Å². The second-order valence-electron chi connectivity index (χ2n) is 8.22. The molecule has 2 aromatic heterocycles. The highest BCUT2D eigenvalue weighted by molar-refractivity contribution is 6.11. The average Bonchev–Trinajstić information content (AvgIpc) is 3.45. The van der Waals surface area contributed by atoms with Crippen LogP contribution in [0, 0.1) is 13.8 Å². The molecule has 1 aliphatic heterocycles. The van der Waals surface area contributed by atoms with Gasteiger partial charge < -0.3 is 19.0 Å². The largest absolute Gasteiger partial charge is 0.467 e. The summed E-state index contributed by atoms with van der Waals surface area (Å²) in [5.74, 6) is -0.336. The van der Waals surface area contributed by atoms with Crippen molar-refractivity contribution in [2.24, 2.45) is 0 Å². The summed E-state index contributed by atoms with van der Waals surface area (Å²) < 4.78 is 36.4. The van der Waals surface area contributed by atoms with E-state index in [9.17, 15) is 23.2 Å². The highest BCUT2D eigenvalue weighted by Gasteiger charge is 2.49. The molecule has 0 saturated carbocycles. The number of alkyl halides is 2. The van der Waals surface area contributed by atoms with Crippen LogP contribution < -0.4 is 10.1 Å². The predicted molar refractivity (Wildman–Crippen MR) is 117 cm³/mol. The first-order chi connectivity index (χ1) is 16.1. The standard InChI is InChI=1S/C24H23F2N3O5/c1-14-11-19(15(2)28(14)12-18-5-4-10-33-18)20(30)13-29-21(31)24(3,27-23(29)32)16-6-8-17(9-7-16)34-22(25)26/h4-11,22H,12-13H2,1-3H3,(H,27,32). The van der Waals surface area contributed by atoms with Crippen molar-refractivity contribution in [3.63, 3.8) is 0 Å². The molecule has 1 saturated heterocycles. The summed E-state index contributed by atoms with van der Waals surface area (Å²) in [6.45, 7) is 2.19. The quantitative estimate of drug-likeness (QED) is 0.396. The van der Waals surface area contributed by atoms with E-state index in [4.69, 9.17) is 4.42 Å². The molecule has 34 heavy (non-hydrogen) atoms. The number of carbonyl (C=O) groups excluding carboxylic acids is 3. The maximum absolute atomic E-state index is 13.2. The highest BCUT2D eigenvalue weighted by Crippen LogP contribution is 2.31. The molecule has 3 amide bonds. The van der Waals surface area contributed by atoms with E-state index in [1.807, 2.05) is 17.6 Å². The van der Waals surface area contributed by atoms with E-state index >= 15 is 0 Å². The topological polar surface area (TPSA) is 93.8 Å². The van der Waals surface area contributed by atoms with Gasteiger partial charge in [0.05, 0.1) is 19.4 Å². The fourth-order valence-corrected chi connectivity index (χ4v) is 4.12. The number of ether oxygens (including phenoxy) is 1. The van der Waals surface area contributed by atoms with Crippen LogP contribution in [0.2, 0.25) is 0 Å². The number of aryl methyl sites for hydroxylation is 1. The second-order valence-corrected chi connectivity index (χ2v) is 8.22. The SMILES string of the molecule is Cc1cc(C(=O)CN2C(=O)NC(C)(c3ccc(OC(F)F)cc3)C2=O)c(C)n1Cc1ccco1. The third-order valence-electron chi connectivity index (χ3n) is 6.00. The van der Waals surface area contributed by atoms with Crippen LogP contribution in [0.15, 0.2) is 53.1 Å². The Balaban J connectivity index is 1.52. The van der Waals surface area contributed by atoms with Crippen LogP contribution in [0.25, 0.3) is 0 Å². The van der Waals surface area contributed by atoms with E-state index in [2.05, 4.69) is 10.1 Å². The van der Waals surface area contributed by atoms with Gasteiger partial charge in [-0.2, -0.15) is 8.78 Å². The van der Waals surface area contributed by atoms with Crippen molar-refractivity contribution < 1.29 is 32.3 Å². The number of hydrogen-bond donors (Lipinski definition) is 1. The van der Waals surface area contributed by atoms with Crippen molar-refractivity contribution in [2.45, 2.75) is 39.5 Å². The van der Waals surface area contributed by atoms with Crippen LogP contribution in [-0.2, 0) is 16.9 Å². The Kier molecular flexibility index (Phi) is 5.99. The minimum absolute atomic E-state index is 0.0731. The summed E-state index contributed by atoms with van der Waals surface area (Å²) in [5, 5.41) is 2.60. The molecule has 1 aliphatic rings. The molecule has 0 bridgehead atoms. The van der Waals surface area contributed by atoms with Crippen LogP contribution >= 0.6 is 0 Å². The maximum atomic E-state index is 13.2. The van der Waals surface area contributed by atoms with Crippen molar-refractivity contribution >= 4 is 17.7 Å². The molecule has 0 spiro atoms. The zero-order valence-corrected chi connectivity index (χ0v) is 18.8. The van der Waals surface area contributed by atoms with Gasteiger partial charge in [0.25, 0.3) is 5.91 Å². The molecular formula is C24H23F2N3O5. The predicted octanol–water partition coefficient (Wildman–Crippen LogP) is 4.00. The Bertz CT molecular complexity index is 1230. The Morgan fingerprint density at radius 1 is 1.18 bits per heavy atom. The third-order valence-corrected chi connectivity index (χ3v) is 6.00. The number of nitrogens with one attached hydrogen (secondary N) is 1.